The molecule has 2 saturated carbocycles. The summed E-state index contributed by atoms with van der Waals surface area (Å²) in [6, 6.07) is 8.68. The summed E-state index contributed by atoms with van der Waals surface area (Å²) in [5.41, 5.74) is 2.41. The van der Waals surface area contributed by atoms with Crippen LogP contribution >= 0.6 is 0 Å². The lowest BCUT2D eigenvalue weighted by atomic mass is 9.84. The van der Waals surface area contributed by atoms with E-state index in [0.717, 1.165) is 23.8 Å². The van der Waals surface area contributed by atoms with Crippen LogP contribution in [-0.2, 0) is 11.2 Å². The van der Waals surface area contributed by atoms with E-state index in [1.165, 1.54) is 31.2 Å². The van der Waals surface area contributed by atoms with E-state index in [9.17, 15) is 4.79 Å². The maximum absolute atomic E-state index is 12.1. The molecule has 4 unspecified atom stereocenters. The molecule has 1 N–H and O–H groups in total. The highest BCUT2D eigenvalue weighted by Crippen LogP contribution is 2.49. The Bertz CT molecular complexity index is 545. The fraction of sp³-hybridized carbons (Fsp3) is 0.550. The summed E-state index contributed by atoms with van der Waals surface area (Å²) in [7, 11) is 0. The first-order valence-electron chi connectivity index (χ1n) is 8.73. The first-order chi connectivity index (χ1) is 10.7. The standard InChI is InChI=1S/C20H27NO/c1-3-15-4-6-16(7-5-15)9-11-20(22)21-14(2)19-13-17-8-10-18(19)12-17/h4-7,9,11,14,17-19H,3,8,10,12-13H2,1-2H3,(H,21,22)/b11-9-. The van der Waals surface area contributed by atoms with Crippen LogP contribution in [0.4, 0.5) is 0 Å². The molecule has 2 nitrogen and oxygen atoms in total. The smallest absolute Gasteiger partial charge is 0.244 e. The second-order valence-electron chi connectivity index (χ2n) is 7.06. The van der Waals surface area contributed by atoms with Gasteiger partial charge in [-0.3, -0.25) is 4.79 Å². The fourth-order valence-electron chi connectivity index (χ4n) is 4.32. The topological polar surface area (TPSA) is 29.1 Å². The SMILES string of the molecule is CCc1ccc(/C=C\C(=O)NC(C)C2CC3CCC2C3)cc1. The third kappa shape index (κ3) is 3.43. The number of nitrogens with one attached hydrogen (secondary N) is 1. The van der Waals surface area contributed by atoms with E-state index in [1.807, 2.05) is 6.08 Å². The molecule has 0 aromatic heterocycles. The molecule has 2 bridgehead atoms. The van der Waals surface area contributed by atoms with Gasteiger partial charge in [0.1, 0.15) is 0 Å². The van der Waals surface area contributed by atoms with Gasteiger partial charge >= 0.3 is 0 Å². The minimum absolute atomic E-state index is 0.0369. The Morgan fingerprint density at radius 2 is 2.05 bits per heavy atom. The molecule has 118 valence electrons. The van der Waals surface area contributed by atoms with Gasteiger partial charge in [-0.05, 0) is 67.6 Å². The number of aryl methyl sites for hydroxylation is 1. The number of hydrogen-bond donors (Lipinski definition) is 1. The molecule has 2 aliphatic rings. The molecule has 0 radical (unpaired) electrons. The van der Waals surface area contributed by atoms with E-state index in [4.69, 9.17) is 0 Å². The molecule has 0 heterocycles. The van der Waals surface area contributed by atoms with Gasteiger partial charge in [0.15, 0.2) is 0 Å². The Balaban J connectivity index is 1.52. The van der Waals surface area contributed by atoms with Crippen LogP contribution in [0.2, 0.25) is 0 Å². The van der Waals surface area contributed by atoms with E-state index >= 15 is 0 Å². The van der Waals surface area contributed by atoms with Crippen LogP contribution < -0.4 is 5.32 Å². The van der Waals surface area contributed by atoms with Crippen LogP contribution in [0.15, 0.2) is 30.3 Å². The summed E-state index contributed by atoms with van der Waals surface area (Å²) in [6.45, 7) is 4.32. The van der Waals surface area contributed by atoms with Crippen LogP contribution in [0.25, 0.3) is 6.08 Å². The Morgan fingerprint density at radius 1 is 1.27 bits per heavy atom. The Hall–Kier alpha value is -1.57. The molecule has 1 aromatic rings. The highest BCUT2D eigenvalue weighted by molar-refractivity contribution is 5.91. The minimum atomic E-state index is 0.0369. The zero-order valence-electron chi connectivity index (χ0n) is 13.7. The first kappa shape index (κ1) is 15.3. The lowest BCUT2D eigenvalue weighted by molar-refractivity contribution is -0.117. The van der Waals surface area contributed by atoms with E-state index in [-0.39, 0.29) is 5.91 Å². The lowest BCUT2D eigenvalue weighted by Gasteiger charge is -2.28. The van der Waals surface area contributed by atoms with Crippen molar-refractivity contribution in [3.63, 3.8) is 0 Å². The van der Waals surface area contributed by atoms with E-state index < -0.39 is 0 Å². The molecular weight excluding hydrogens is 270 g/mol. The molecular formula is C20H27NO. The summed E-state index contributed by atoms with van der Waals surface area (Å²) in [4.78, 5) is 12.1. The van der Waals surface area contributed by atoms with Crippen molar-refractivity contribution >= 4 is 12.0 Å². The van der Waals surface area contributed by atoms with Crippen molar-refractivity contribution in [3.05, 3.63) is 41.5 Å². The van der Waals surface area contributed by atoms with Gasteiger partial charge in [0.25, 0.3) is 0 Å². The van der Waals surface area contributed by atoms with Crippen LogP contribution in [0.3, 0.4) is 0 Å². The molecule has 22 heavy (non-hydrogen) atoms. The van der Waals surface area contributed by atoms with Crippen molar-refractivity contribution in [2.24, 2.45) is 17.8 Å². The van der Waals surface area contributed by atoms with Crippen LogP contribution in [0.1, 0.15) is 50.7 Å². The minimum Gasteiger partial charge on any atom is -0.350 e. The number of fused-ring (bicyclic) bond motifs is 2. The second-order valence-corrected chi connectivity index (χ2v) is 7.06. The normalized spacial score (nSPS) is 28.2. The maximum Gasteiger partial charge on any atom is 0.244 e. The Morgan fingerprint density at radius 3 is 2.64 bits per heavy atom. The molecule has 0 saturated heterocycles. The largest absolute Gasteiger partial charge is 0.350 e. The number of hydrogen-bond acceptors (Lipinski definition) is 1. The number of benzene rings is 1. The predicted molar refractivity (Wildman–Crippen MR) is 91.4 cm³/mol. The molecule has 3 rings (SSSR count). The maximum atomic E-state index is 12.1. The predicted octanol–water partition coefficient (Wildman–Crippen LogP) is 4.20. The molecule has 0 spiro atoms. The Kier molecular flexibility index (Phi) is 4.66. The number of amides is 1. The highest BCUT2D eigenvalue weighted by atomic mass is 16.1. The van der Waals surface area contributed by atoms with Crippen LogP contribution in [0.5, 0.6) is 0 Å². The van der Waals surface area contributed by atoms with E-state index in [2.05, 4.69) is 43.4 Å². The molecule has 2 heteroatoms. The number of rotatable bonds is 5. The fourth-order valence-corrected chi connectivity index (χ4v) is 4.32. The second kappa shape index (κ2) is 6.68. The summed E-state index contributed by atoms with van der Waals surface area (Å²) in [5, 5.41) is 3.17. The summed E-state index contributed by atoms with van der Waals surface area (Å²) in [6.07, 6.45) is 10.1. The third-order valence-electron chi connectivity index (χ3n) is 5.62. The monoisotopic (exact) mass is 297 g/mol. The zero-order chi connectivity index (χ0) is 15.5. The van der Waals surface area contributed by atoms with Crippen molar-refractivity contribution in [1.29, 1.82) is 0 Å². The number of carbonyl (C=O) groups excluding carboxylic acids is 1. The van der Waals surface area contributed by atoms with Gasteiger partial charge in [0.2, 0.25) is 5.91 Å². The van der Waals surface area contributed by atoms with Crippen molar-refractivity contribution in [3.8, 4) is 0 Å². The van der Waals surface area contributed by atoms with Gasteiger partial charge in [-0.2, -0.15) is 0 Å². The van der Waals surface area contributed by atoms with Gasteiger partial charge in [-0.15, -0.1) is 0 Å². The van der Waals surface area contributed by atoms with Gasteiger partial charge in [0.05, 0.1) is 0 Å². The molecule has 2 aliphatic carbocycles. The van der Waals surface area contributed by atoms with Crippen molar-refractivity contribution in [2.75, 3.05) is 0 Å². The lowest BCUT2D eigenvalue weighted by Crippen LogP contribution is -2.39. The van der Waals surface area contributed by atoms with Crippen molar-refractivity contribution < 1.29 is 4.79 Å². The van der Waals surface area contributed by atoms with Crippen LogP contribution in [-0.4, -0.2) is 11.9 Å². The summed E-state index contributed by atoms with van der Waals surface area (Å²) < 4.78 is 0. The van der Waals surface area contributed by atoms with Crippen molar-refractivity contribution in [1.82, 2.24) is 5.32 Å². The first-order valence-corrected chi connectivity index (χ1v) is 8.73. The van der Waals surface area contributed by atoms with Gasteiger partial charge in [-0.1, -0.05) is 37.6 Å². The molecule has 2 fully saturated rings. The Labute approximate surface area is 134 Å². The average Bonchev–Trinajstić information content (AvgIpc) is 3.16. The van der Waals surface area contributed by atoms with E-state index in [1.54, 1.807) is 6.08 Å². The van der Waals surface area contributed by atoms with Gasteiger partial charge in [-0.25, -0.2) is 0 Å². The zero-order valence-corrected chi connectivity index (χ0v) is 13.7. The van der Waals surface area contributed by atoms with Gasteiger partial charge < -0.3 is 5.32 Å². The molecule has 1 aromatic carbocycles. The average molecular weight is 297 g/mol. The number of carbonyl (C=O) groups is 1. The quantitative estimate of drug-likeness (QED) is 0.811. The van der Waals surface area contributed by atoms with Gasteiger partial charge in [0, 0.05) is 12.1 Å². The van der Waals surface area contributed by atoms with E-state index in [0.29, 0.717) is 12.0 Å². The van der Waals surface area contributed by atoms with Crippen molar-refractivity contribution in [2.45, 2.75) is 52.0 Å². The summed E-state index contributed by atoms with van der Waals surface area (Å²) in [5.74, 6) is 2.52. The summed E-state index contributed by atoms with van der Waals surface area (Å²) >= 11 is 0. The van der Waals surface area contributed by atoms with Crippen LogP contribution in [0, 0.1) is 17.8 Å². The molecule has 0 aliphatic heterocycles. The molecule has 1 amide bonds. The highest BCUT2D eigenvalue weighted by Gasteiger charge is 2.41. The molecule has 4 atom stereocenters. The third-order valence-corrected chi connectivity index (χ3v) is 5.62.